The average molecular weight is 426 g/mol. The molecule has 3 rings (SSSR count). The summed E-state index contributed by atoms with van der Waals surface area (Å²) in [5, 5.41) is 17.1. The molecule has 1 fully saturated rings. The summed E-state index contributed by atoms with van der Waals surface area (Å²) in [6.45, 7) is 5.65. The van der Waals surface area contributed by atoms with Gasteiger partial charge in [-0.2, -0.15) is 0 Å². The lowest BCUT2D eigenvalue weighted by atomic mass is 9.74. The van der Waals surface area contributed by atoms with E-state index in [1.807, 2.05) is 42.5 Å². The quantitative estimate of drug-likeness (QED) is 0.424. The Morgan fingerprint density at radius 2 is 1.81 bits per heavy atom. The van der Waals surface area contributed by atoms with Gasteiger partial charge in [0.2, 0.25) is 0 Å². The molecule has 0 radical (unpaired) electrons. The molecule has 0 spiro atoms. The Balaban J connectivity index is 1.65. The van der Waals surface area contributed by atoms with Crippen molar-refractivity contribution in [2.75, 3.05) is 40.0 Å². The lowest BCUT2D eigenvalue weighted by Gasteiger charge is -2.36. The van der Waals surface area contributed by atoms with Crippen molar-refractivity contribution in [1.82, 2.24) is 10.6 Å². The topological polar surface area (TPSA) is 75.1 Å². The van der Waals surface area contributed by atoms with Crippen molar-refractivity contribution in [3.63, 3.8) is 0 Å². The maximum Gasteiger partial charge on any atom is 0.191 e. The minimum absolute atomic E-state index is 0.0452. The molecule has 0 saturated carbocycles. The number of benzene rings is 2. The highest BCUT2D eigenvalue weighted by atomic mass is 16.5. The van der Waals surface area contributed by atoms with Gasteiger partial charge in [-0.25, -0.2) is 0 Å². The lowest BCUT2D eigenvalue weighted by molar-refractivity contribution is 0.0531. The zero-order valence-corrected chi connectivity index (χ0v) is 18.6. The molecule has 1 unspecified atom stereocenters. The molecule has 0 amide bonds. The van der Waals surface area contributed by atoms with Crippen LogP contribution in [-0.4, -0.2) is 51.0 Å². The minimum atomic E-state index is -0.488. The molecule has 1 atom stereocenters. The maximum absolute atomic E-state index is 10.4. The van der Waals surface area contributed by atoms with Gasteiger partial charge in [0, 0.05) is 31.7 Å². The largest absolute Gasteiger partial charge is 0.497 e. The molecule has 2 aromatic carbocycles. The second kappa shape index (κ2) is 11.7. The summed E-state index contributed by atoms with van der Waals surface area (Å²) in [4.78, 5) is 4.92. The van der Waals surface area contributed by atoms with Crippen LogP contribution in [0, 0.1) is 0 Å². The van der Waals surface area contributed by atoms with Crippen molar-refractivity contribution in [2.45, 2.75) is 37.7 Å². The number of hydrogen-bond donors (Lipinski definition) is 3. The van der Waals surface area contributed by atoms with Crippen LogP contribution in [0.4, 0.5) is 0 Å². The van der Waals surface area contributed by atoms with Crippen molar-refractivity contribution in [1.29, 1.82) is 0 Å². The average Bonchev–Trinajstić information content (AvgIpc) is 2.83. The third-order valence-corrected chi connectivity index (χ3v) is 5.93. The van der Waals surface area contributed by atoms with Crippen LogP contribution in [-0.2, 0) is 10.2 Å². The Bertz CT molecular complexity index is 803. The zero-order valence-electron chi connectivity index (χ0n) is 18.6. The summed E-state index contributed by atoms with van der Waals surface area (Å²) in [5.74, 6) is 1.64. The van der Waals surface area contributed by atoms with E-state index in [1.165, 1.54) is 5.56 Å². The minimum Gasteiger partial charge on any atom is -0.497 e. The summed E-state index contributed by atoms with van der Waals surface area (Å²) >= 11 is 0. The van der Waals surface area contributed by atoms with Crippen LogP contribution >= 0.6 is 0 Å². The SMILES string of the molecule is CCNC(=NCC1(c2ccc(OC)cc2)CCOCC1)NCCC(O)c1ccccc1. The van der Waals surface area contributed by atoms with Gasteiger partial charge < -0.3 is 25.2 Å². The fraction of sp³-hybridized carbons (Fsp3) is 0.480. The Hall–Kier alpha value is -2.57. The van der Waals surface area contributed by atoms with Crippen LogP contribution in [0.5, 0.6) is 5.75 Å². The number of methoxy groups -OCH3 is 1. The van der Waals surface area contributed by atoms with E-state index >= 15 is 0 Å². The Kier molecular flexibility index (Phi) is 8.74. The van der Waals surface area contributed by atoms with Crippen molar-refractivity contribution >= 4 is 5.96 Å². The van der Waals surface area contributed by atoms with Gasteiger partial charge in [-0.05, 0) is 49.4 Å². The van der Waals surface area contributed by atoms with E-state index in [0.29, 0.717) is 19.5 Å². The second-order valence-electron chi connectivity index (χ2n) is 7.96. The van der Waals surface area contributed by atoms with E-state index < -0.39 is 6.10 Å². The number of nitrogens with zero attached hydrogens (tertiary/aromatic N) is 1. The number of ether oxygens (including phenoxy) is 2. The van der Waals surface area contributed by atoms with E-state index in [0.717, 1.165) is 49.9 Å². The molecule has 0 aromatic heterocycles. The number of aliphatic hydroxyl groups is 1. The van der Waals surface area contributed by atoms with E-state index in [9.17, 15) is 5.11 Å². The Morgan fingerprint density at radius 1 is 1.10 bits per heavy atom. The number of aliphatic hydroxyl groups excluding tert-OH is 1. The van der Waals surface area contributed by atoms with Gasteiger partial charge in [0.25, 0.3) is 0 Å². The predicted molar refractivity (Wildman–Crippen MR) is 125 cm³/mol. The van der Waals surface area contributed by atoms with Crippen LogP contribution in [0.2, 0.25) is 0 Å². The first kappa shape index (κ1) is 23.1. The number of aliphatic imine (C=N–C) groups is 1. The molecule has 3 N–H and O–H groups in total. The Labute approximate surface area is 185 Å². The first-order valence-corrected chi connectivity index (χ1v) is 11.1. The van der Waals surface area contributed by atoms with Crippen LogP contribution in [0.1, 0.15) is 43.4 Å². The molecule has 6 nitrogen and oxygen atoms in total. The normalized spacial score (nSPS) is 17.1. The van der Waals surface area contributed by atoms with Crippen molar-refractivity contribution in [3.05, 3.63) is 65.7 Å². The van der Waals surface area contributed by atoms with Crippen LogP contribution in [0.25, 0.3) is 0 Å². The van der Waals surface area contributed by atoms with E-state index in [2.05, 4.69) is 29.7 Å². The first-order valence-electron chi connectivity index (χ1n) is 11.1. The highest BCUT2D eigenvalue weighted by Gasteiger charge is 2.34. The first-order chi connectivity index (χ1) is 15.2. The summed E-state index contributed by atoms with van der Waals surface area (Å²) in [6.07, 6.45) is 2.01. The summed E-state index contributed by atoms with van der Waals surface area (Å²) in [7, 11) is 1.69. The van der Waals surface area contributed by atoms with Crippen molar-refractivity contribution < 1.29 is 14.6 Å². The van der Waals surface area contributed by atoms with Gasteiger partial charge in [0.1, 0.15) is 5.75 Å². The van der Waals surface area contributed by atoms with Gasteiger partial charge in [-0.1, -0.05) is 42.5 Å². The monoisotopic (exact) mass is 425 g/mol. The van der Waals surface area contributed by atoms with Gasteiger partial charge in [0.15, 0.2) is 5.96 Å². The van der Waals surface area contributed by atoms with Crippen LogP contribution < -0.4 is 15.4 Å². The molecule has 2 aromatic rings. The molecular formula is C25H35N3O3. The Morgan fingerprint density at radius 3 is 2.45 bits per heavy atom. The highest BCUT2D eigenvalue weighted by Crippen LogP contribution is 2.36. The third-order valence-electron chi connectivity index (χ3n) is 5.93. The number of guanidine groups is 1. The summed E-state index contributed by atoms with van der Waals surface area (Å²) < 4.78 is 11.0. The lowest BCUT2D eigenvalue weighted by Crippen LogP contribution is -2.41. The van der Waals surface area contributed by atoms with Crippen molar-refractivity contribution in [2.24, 2.45) is 4.99 Å². The number of nitrogens with one attached hydrogen (secondary N) is 2. The van der Waals surface area contributed by atoms with Crippen LogP contribution in [0.15, 0.2) is 59.6 Å². The molecule has 1 heterocycles. The maximum atomic E-state index is 10.4. The van der Waals surface area contributed by atoms with Gasteiger partial charge >= 0.3 is 0 Å². The van der Waals surface area contributed by atoms with Gasteiger partial charge in [-0.3, -0.25) is 4.99 Å². The molecule has 1 aliphatic rings. The molecule has 6 heteroatoms. The molecule has 1 aliphatic heterocycles. The molecule has 0 bridgehead atoms. The van der Waals surface area contributed by atoms with Crippen LogP contribution in [0.3, 0.4) is 0 Å². The number of rotatable bonds is 9. The van der Waals surface area contributed by atoms with Crippen molar-refractivity contribution in [3.8, 4) is 5.75 Å². The van der Waals surface area contributed by atoms with E-state index in [4.69, 9.17) is 14.5 Å². The molecule has 1 saturated heterocycles. The fourth-order valence-corrected chi connectivity index (χ4v) is 3.99. The predicted octanol–water partition coefficient (Wildman–Crippen LogP) is 3.42. The standard InChI is InChI=1S/C25H35N3O3/c1-3-26-24(27-16-13-23(29)20-7-5-4-6-8-20)28-19-25(14-17-31-18-15-25)21-9-11-22(30-2)12-10-21/h4-12,23,29H,3,13-19H2,1-2H3,(H2,26,27,28). The fourth-order valence-electron chi connectivity index (χ4n) is 3.99. The highest BCUT2D eigenvalue weighted by molar-refractivity contribution is 5.79. The van der Waals surface area contributed by atoms with E-state index in [-0.39, 0.29) is 5.41 Å². The third kappa shape index (κ3) is 6.45. The molecule has 0 aliphatic carbocycles. The molecule has 31 heavy (non-hydrogen) atoms. The zero-order chi connectivity index (χ0) is 21.9. The van der Waals surface area contributed by atoms with Gasteiger partial charge in [0.05, 0.1) is 19.8 Å². The van der Waals surface area contributed by atoms with Gasteiger partial charge in [-0.15, -0.1) is 0 Å². The molecular weight excluding hydrogens is 390 g/mol. The summed E-state index contributed by atoms with van der Waals surface area (Å²) in [6, 6.07) is 18.1. The molecule has 168 valence electrons. The second-order valence-corrected chi connectivity index (χ2v) is 7.96. The number of hydrogen-bond acceptors (Lipinski definition) is 4. The smallest absolute Gasteiger partial charge is 0.191 e. The summed E-state index contributed by atoms with van der Waals surface area (Å²) in [5.41, 5.74) is 2.17. The van der Waals surface area contributed by atoms with E-state index in [1.54, 1.807) is 7.11 Å².